The van der Waals surface area contributed by atoms with E-state index in [1.807, 2.05) is 6.34 Å². The average molecular weight is 242 g/mol. The van der Waals surface area contributed by atoms with Gasteiger partial charge in [0.2, 0.25) is 0 Å². The molecule has 0 bridgehead atoms. The second-order valence-corrected chi connectivity index (χ2v) is 5.76. The van der Waals surface area contributed by atoms with Gasteiger partial charge in [-0.05, 0) is 38.3 Å². The van der Waals surface area contributed by atoms with E-state index in [1.54, 1.807) is 0 Å². The van der Waals surface area contributed by atoms with Gasteiger partial charge in [0.15, 0.2) is 0 Å². The third-order valence-electron chi connectivity index (χ3n) is 2.99. The molecule has 1 aliphatic rings. The van der Waals surface area contributed by atoms with Gasteiger partial charge < -0.3 is 4.90 Å². The first-order valence-electron chi connectivity index (χ1n) is 6.58. The Labute approximate surface area is 110 Å². The summed E-state index contributed by atoms with van der Waals surface area (Å²) in [5, 5.41) is 0. The number of rotatable bonds is 2. The van der Waals surface area contributed by atoms with E-state index < -0.39 is 0 Å². The maximum atomic E-state index is 4.55. The standard InChI is InChI=1S/C16H22N2/c1-16(2,3)17-13-18-11-9-15(10-12-18)14-7-5-4-6-8-14/h4-9,13H,10-12H2,1-3H3. The molecule has 0 atom stereocenters. The Balaban J connectivity index is 1.99. The molecule has 0 saturated heterocycles. The molecule has 0 amide bonds. The predicted molar refractivity (Wildman–Crippen MR) is 78.9 cm³/mol. The number of benzene rings is 1. The van der Waals surface area contributed by atoms with Gasteiger partial charge in [-0.15, -0.1) is 0 Å². The lowest BCUT2D eigenvalue weighted by molar-refractivity contribution is 0.461. The summed E-state index contributed by atoms with van der Waals surface area (Å²) in [6, 6.07) is 10.6. The summed E-state index contributed by atoms with van der Waals surface area (Å²) < 4.78 is 0. The molecule has 0 aliphatic carbocycles. The summed E-state index contributed by atoms with van der Waals surface area (Å²) in [6.45, 7) is 8.39. The van der Waals surface area contributed by atoms with Gasteiger partial charge in [-0.2, -0.15) is 0 Å². The minimum atomic E-state index is 0.0173. The van der Waals surface area contributed by atoms with Crippen LogP contribution in [0.15, 0.2) is 41.4 Å². The molecular formula is C16H22N2. The second-order valence-electron chi connectivity index (χ2n) is 5.76. The number of nitrogens with zero attached hydrogens (tertiary/aromatic N) is 2. The van der Waals surface area contributed by atoms with Crippen molar-refractivity contribution < 1.29 is 0 Å². The molecule has 2 heteroatoms. The van der Waals surface area contributed by atoms with Crippen molar-refractivity contribution in [2.75, 3.05) is 13.1 Å². The van der Waals surface area contributed by atoms with Gasteiger partial charge in [0.1, 0.15) is 0 Å². The van der Waals surface area contributed by atoms with Crippen LogP contribution in [-0.2, 0) is 0 Å². The molecule has 2 nitrogen and oxygen atoms in total. The first-order chi connectivity index (χ1) is 8.54. The summed E-state index contributed by atoms with van der Waals surface area (Å²) in [5.74, 6) is 0. The van der Waals surface area contributed by atoms with Crippen molar-refractivity contribution in [2.45, 2.75) is 32.7 Å². The fourth-order valence-electron chi connectivity index (χ4n) is 1.96. The summed E-state index contributed by atoms with van der Waals surface area (Å²) in [4.78, 5) is 6.83. The molecule has 0 aromatic heterocycles. The van der Waals surface area contributed by atoms with E-state index in [2.05, 4.69) is 67.1 Å². The fraction of sp³-hybridized carbons (Fsp3) is 0.438. The normalized spacial score (nSPS) is 17.1. The van der Waals surface area contributed by atoms with E-state index in [9.17, 15) is 0 Å². The number of aliphatic imine (C=N–C) groups is 1. The lowest BCUT2D eigenvalue weighted by atomic mass is 10.00. The quantitative estimate of drug-likeness (QED) is 0.571. The van der Waals surface area contributed by atoms with Crippen molar-refractivity contribution in [1.29, 1.82) is 0 Å². The first-order valence-corrected chi connectivity index (χ1v) is 6.58. The Bertz CT molecular complexity index is 438. The van der Waals surface area contributed by atoms with Crippen molar-refractivity contribution >= 4 is 11.9 Å². The van der Waals surface area contributed by atoms with Gasteiger partial charge in [0.25, 0.3) is 0 Å². The van der Waals surface area contributed by atoms with Crippen molar-refractivity contribution in [2.24, 2.45) is 4.99 Å². The Kier molecular flexibility index (Phi) is 3.85. The highest BCUT2D eigenvalue weighted by Gasteiger charge is 2.11. The summed E-state index contributed by atoms with van der Waals surface area (Å²) >= 11 is 0. The van der Waals surface area contributed by atoms with E-state index in [-0.39, 0.29) is 5.54 Å². The smallest absolute Gasteiger partial charge is 0.0859 e. The molecule has 1 heterocycles. The third kappa shape index (κ3) is 3.73. The van der Waals surface area contributed by atoms with Crippen LogP contribution in [0.3, 0.4) is 0 Å². The lowest BCUT2D eigenvalue weighted by Crippen LogP contribution is -2.28. The van der Waals surface area contributed by atoms with Crippen LogP contribution in [0.4, 0.5) is 0 Å². The molecular weight excluding hydrogens is 220 g/mol. The number of hydrogen-bond acceptors (Lipinski definition) is 1. The monoisotopic (exact) mass is 242 g/mol. The Morgan fingerprint density at radius 3 is 2.44 bits per heavy atom. The van der Waals surface area contributed by atoms with Gasteiger partial charge in [-0.3, -0.25) is 4.99 Å². The third-order valence-corrected chi connectivity index (χ3v) is 2.99. The van der Waals surface area contributed by atoms with E-state index in [1.165, 1.54) is 11.1 Å². The largest absolute Gasteiger partial charge is 0.359 e. The molecule has 0 N–H and O–H groups in total. The zero-order valence-corrected chi connectivity index (χ0v) is 11.6. The molecule has 0 saturated carbocycles. The molecule has 1 aliphatic heterocycles. The highest BCUT2D eigenvalue weighted by atomic mass is 15.2. The van der Waals surface area contributed by atoms with Crippen LogP contribution in [-0.4, -0.2) is 29.9 Å². The Morgan fingerprint density at radius 2 is 1.89 bits per heavy atom. The maximum absolute atomic E-state index is 4.55. The molecule has 1 aromatic rings. The number of hydrogen-bond donors (Lipinski definition) is 0. The Morgan fingerprint density at radius 1 is 1.17 bits per heavy atom. The summed E-state index contributed by atoms with van der Waals surface area (Å²) in [5.41, 5.74) is 2.82. The topological polar surface area (TPSA) is 15.6 Å². The van der Waals surface area contributed by atoms with Crippen LogP contribution in [0.2, 0.25) is 0 Å². The van der Waals surface area contributed by atoms with Gasteiger partial charge in [-0.1, -0.05) is 36.4 Å². The molecule has 18 heavy (non-hydrogen) atoms. The molecule has 1 aromatic carbocycles. The SMILES string of the molecule is CC(C)(C)N=CN1CC=C(c2ccccc2)CC1. The molecule has 0 spiro atoms. The van der Waals surface area contributed by atoms with Crippen molar-refractivity contribution in [1.82, 2.24) is 4.90 Å². The predicted octanol–water partition coefficient (Wildman–Crippen LogP) is 3.60. The highest BCUT2D eigenvalue weighted by molar-refractivity contribution is 5.68. The maximum Gasteiger partial charge on any atom is 0.0859 e. The van der Waals surface area contributed by atoms with Gasteiger partial charge in [0.05, 0.1) is 11.9 Å². The van der Waals surface area contributed by atoms with Crippen LogP contribution >= 0.6 is 0 Å². The average Bonchev–Trinajstić information content (AvgIpc) is 2.37. The first kappa shape index (κ1) is 12.9. The van der Waals surface area contributed by atoms with Gasteiger partial charge in [-0.25, -0.2) is 0 Å². The minimum absolute atomic E-state index is 0.0173. The van der Waals surface area contributed by atoms with Crippen LogP contribution in [0, 0.1) is 0 Å². The van der Waals surface area contributed by atoms with Crippen LogP contribution < -0.4 is 0 Å². The van der Waals surface area contributed by atoms with E-state index in [0.717, 1.165) is 19.5 Å². The van der Waals surface area contributed by atoms with Crippen molar-refractivity contribution in [3.63, 3.8) is 0 Å². The second kappa shape index (κ2) is 5.38. The van der Waals surface area contributed by atoms with Crippen molar-refractivity contribution in [3.8, 4) is 0 Å². The van der Waals surface area contributed by atoms with Gasteiger partial charge >= 0.3 is 0 Å². The zero-order valence-electron chi connectivity index (χ0n) is 11.6. The molecule has 2 rings (SSSR count). The van der Waals surface area contributed by atoms with Crippen molar-refractivity contribution in [3.05, 3.63) is 42.0 Å². The Hall–Kier alpha value is -1.57. The molecule has 96 valence electrons. The van der Waals surface area contributed by atoms with E-state index in [0.29, 0.717) is 0 Å². The van der Waals surface area contributed by atoms with E-state index in [4.69, 9.17) is 0 Å². The highest BCUT2D eigenvalue weighted by Crippen LogP contribution is 2.21. The van der Waals surface area contributed by atoms with Crippen LogP contribution in [0.5, 0.6) is 0 Å². The molecule has 0 unspecified atom stereocenters. The fourth-order valence-corrected chi connectivity index (χ4v) is 1.96. The zero-order chi connectivity index (χ0) is 13.0. The minimum Gasteiger partial charge on any atom is -0.359 e. The molecule has 0 fully saturated rings. The van der Waals surface area contributed by atoms with Gasteiger partial charge in [0, 0.05) is 13.1 Å². The summed E-state index contributed by atoms with van der Waals surface area (Å²) in [6.07, 6.45) is 5.41. The van der Waals surface area contributed by atoms with Crippen LogP contribution in [0.1, 0.15) is 32.8 Å². The lowest BCUT2D eigenvalue weighted by Gasteiger charge is -2.25. The van der Waals surface area contributed by atoms with Crippen LogP contribution in [0.25, 0.3) is 5.57 Å². The van der Waals surface area contributed by atoms with E-state index >= 15 is 0 Å². The molecule has 0 radical (unpaired) electrons. The summed E-state index contributed by atoms with van der Waals surface area (Å²) in [7, 11) is 0.